The summed E-state index contributed by atoms with van der Waals surface area (Å²) in [6.45, 7) is 10.0. The van der Waals surface area contributed by atoms with Gasteiger partial charge in [-0.1, -0.05) is 22.0 Å². The van der Waals surface area contributed by atoms with Gasteiger partial charge in [-0.15, -0.1) is 0 Å². The number of nitrogens with zero attached hydrogens (tertiary/aromatic N) is 1. The smallest absolute Gasteiger partial charge is 0.0352 e. The van der Waals surface area contributed by atoms with Gasteiger partial charge in [0, 0.05) is 48.4 Å². The zero-order chi connectivity index (χ0) is 13.0. The van der Waals surface area contributed by atoms with E-state index in [2.05, 4.69) is 63.5 Å². The summed E-state index contributed by atoms with van der Waals surface area (Å²) in [4.78, 5) is 2.55. The van der Waals surface area contributed by atoms with Crippen molar-refractivity contribution < 1.29 is 0 Å². The lowest BCUT2D eigenvalue weighted by Gasteiger charge is -2.41. The van der Waals surface area contributed by atoms with Crippen molar-refractivity contribution >= 4 is 21.6 Å². The molecule has 0 aliphatic carbocycles. The minimum atomic E-state index is 0.185. The summed E-state index contributed by atoms with van der Waals surface area (Å²) in [5, 5.41) is 6.93. The largest absolute Gasteiger partial charge is 0.383 e. The van der Waals surface area contributed by atoms with E-state index in [1.54, 1.807) is 0 Å². The van der Waals surface area contributed by atoms with Crippen LogP contribution in [0.25, 0.3) is 0 Å². The molecule has 0 radical (unpaired) electrons. The molecule has 2 rings (SSSR count). The van der Waals surface area contributed by atoms with Gasteiger partial charge in [-0.3, -0.25) is 4.90 Å². The maximum Gasteiger partial charge on any atom is 0.0352 e. The highest BCUT2D eigenvalue weighted by Crippen LogP contribution is 2.19. The van der Waals surface area contributed by atoms with Crippen molar-refractivity contribution in [1.82, 2.24) is 10.2 Å². The third kappa shape index (κ3) is 3.70. The molecule has 18 heavy (non-hydrogen) atoms. The van der Waals surface area contributed by atoms with E-state index in [-0.39, 0.29) is 5.54 Å². The van der Waals surface area contributed by atoms with Crippen molar-refractivity contribution in [2.45, 2.75) is 19.4 Å². The van der Waals surface area contributed by atoms with Crippen LogP contribution in [0.3, 0.4) is 0 Å². The van der Waals surface area contributed by atoms with E-state index in [1.165, 1.54) is 5.69 Å². The molecule has 1 aromatic carbocycles. The fraction of sp³-hybridized carbons (Fsp3) is 0.571. The Morgan fingerprint density at radius 3 is 2.72 bits per heavy atom. The lowest BCUT2D eigenvalue weighted by molar-refractivity contribution is 0.114. The third-order valence-electron chi connectivity index (χ3n) is 3.52. The molecule has 0 amide bonds. The molecule has 1 saturated heterocycles. The molecule has 1 aliphatic rings. The summed E-state index contributed by atoms with van der Waals surface area (Å²) < 4.78 is 1.12. The summed E-state index contributed by atoms with van der Waals surface area (Å²) in [6, 6.07) is 8.34. The molecule has 1 aliphatic heterocycles. The summed E-state index contributed by atoms with van der Waals surface area (Å²) in [6.07, 6.45) is 0. The van der Waals surface area contributed by atoms with Crippen molar-refractivity contribution in [1.29, 1.82) is 0 Å². The maximum absolute atomic E-state index is 3.53. The predicted molar refractivity (Wildman–Crippen MR) is 81.2 cm³/mol. The molecule has 0 atom stereocenters. The number of nitrogens with one attached hydrogen (secondary N) is 2. The molecule has 0 unspecified atom stereocenters. The molecule has 1 aromatic rings. The molecule has 4 heteroatoms. The second kappa shape index (κ2) is 6.04. The highest BCUT2D eigenvalue weighted by atomic mass is 79.9. The Morgan fingerprint density at radius 2 is 2.06 bits per heavy atom. The van der Waals surface area contributed by atoms with Crippen molar-refractivity contribution in [3.05, 3.63) is 28.7 Å². The van der Waals surface area contributed by atoms with Gasteiger partial charge in [-0.2, -0.15) is 0 Å². The second-order valence-electron chi connectivity index (χ2n) is 5.41. The molecule has 1 fully saturated rings. The topological polar surface area (TPSA) is 27.3 Å². The Kier molecular flexibility index (Phi) is 4.65. The zero-order valence-corrected chi connectivity index (χ0v) is 12.8. The Balaban J connectivity index is 1.91. The Labute approximate surface area is 118 Å². The summed E-state index contributed by atoms with van der Waals surface area (Å²) in [5.41, 5.74) is 1.36. The second-order valence-corrected chi connectivity index (χ2v) is 6.33. The standard InChI is InChI=1S/C14H22BrN3/c1-14(2,18-8-6-16-7-9-18)11-17-13-5-3-4-12(15)10-13/h3-5,10,16-17H,6-9,11H2,1-2H3. The molecule has 0 saturated carbocycles. The predicted octanol–water partition coefficient (Wildman–Crippen LogP) is 2.54. The van der Waals surface area contributed by atoms with Crippen LogP contribution >= 0.6 is 15.9 Å². The normalized spacial score (nSPS) is 17.7. The summed E-state index contributed by atoms with van der Waals surface area (Å²) in [7, 11) is 0. The average Bonchev–Trinajstić information content (AvgIpc) is 2.38. The average molecular weight is 312 g/mol. The quantitative estimate of drug-likeness (QED) is 0.895. The number of hydrogen-bond donors (Lipinski definition) is 2. The first-order valence-corrected chi connectivity index (χ1v) is 7.32. The Morgan fingerprint density at radius 1 is 1.33 bits per heavy atom. The van der Waals surface area contributed by atoms with Crippen molar-refractivity contribution in [2.24, 2.45) is 0 Å². The van der Waals surface area contributed by atoms with Gasteiger partial charge in [0.15, 0.2) is 0 Å². The highest BCUT2D eigenvalue weighted by molar-refractivity contribution is 9.10. The summed E-state index contributed by atoms with van der Waals surface area (Å²) in [5.74, 6) is 0. The number of halogens is 1. The Bertz CT molecular complexity index is 386. The van der Waals surface area contributed by atoms with Gasteiger partial charge < -0.3 is 10.6 Å². The SMILES string of the molecule is CC(C)(CNc1cccc(Br)c1)N1CCNCC1. The molecular weight excluding hydrogens is 290 g/mol. The van der Waals surface area contributed by atoms with Crippen LogP contribution < -0.4 is 10.6 Å². The molecule has 2 N–H and O–H groups in total. The van der Waals surface area contributed by atoms with Crippen LogP contribution in [0.15, 0.2) is 28.7 Å². The number of hydrogen-bond acceptors (Lipinski definition) is 3. The van der Waals surface area contributed by atoms with Crippen LogP contribution in [0.1, 0.15) is 13.8 Å². The summed E-state index contributed by atoms with van der Waals surface area (Å²) >= 11 is 3.50. The first-order chi connectivity index (χ1) is 8.58. The van der Waals surface area contributed by atoms with Gasteiger partial charge in [-0.25, -0.2) is 0 Å². The molecular formula is C14H22BrN3. The van der Waals surface area contributed by atoms with Crippen molar-refractivity contribution in [3.63, 3.8) is 0 Å². The fourth-order valence-electron chi connectivity index (χ4n) is 2.30. The van der Waals surface area contributed by atoms with Gasteiger partial charge in [-0.05, 0) is 32.0 Å². The minimum absolute atomic E-state index is 0.185. The van der Waals surface area contributed by atoms with Crippen LogP contribution in [-0.4, -0.2) is 43.2 Å². The van der Waals surface area contributed by atoms with Crippen LogP contribution in [0, 0.1) is 0 Å². The van der Waals surface area contributed by atoms with Gasteiger partial charge >= 0.3 is 0 Å². The molecule has 3 nitrogen and oxygen atoms in total. The van der Waals surface area contributed by atoms with E-state index in [1.807, 2.05) is 6.07 Å². The number of piperazine rings is 1. The van der Waals surface area contributed by atoms with Crippen LogP contribution in [0.2, 0.25) is 0 Å². The lowest BCUT2D eigenvalue weighted by Crippen LogP contribution is -2.56. The van der Waals surface area contributed by atoms with E-state index < -0.39 is 0 Å². The van der Waals surface area contributed by atoms with E-state index >= 15 is 0 Å². The van der Waals surface area contributed by atoms with Crippen LogP contribution in [-0.2, 0) is 0 Å². The fourth-order valence-corrected chi connectivity index (χ4v) is 2.70. The van der Waals surface area contributed by atoms with Gasteiger partial charge in [0.2, 0.25) is 0 Å². The number of benzene rings is 1. The first kappa shape index (κ1) is 13.8. The number of rotatable bonds is 4. The van der Waals surface area contributed by atoms with Crippen molar-refractivity contribution in [3.8, 4) is 0 Å². The monoisotopic (exact) mass is 311 g/mol. The zero-order valence-electron chi connectivity index (χ0n) is 11.2. The lowest BCUT2D eigenvalue weighted by atomic mass is 10.0. The third-order valence-corrected chi connectivity index (χ3v) is 4.02. The van der Waals surface area contributed by atoms with E-state index in [0.717, 1.165) is 37.2 Å². The van der Waals surface area contributed by atoms with Gasteiger partial charge in [0.05, 0.1) is 0 Å². The van der Waals surface area contributed by atoms with E-state index in [0.29, 0.717) is 0 Å². The van der Waals surface area contributed by atoms with E-state index in [9.17, 15) is 0 Å². The first-order valence-electron chi connectivity index (χ1n) is 6.53. The molecule has 0 aromatic heterocycles. The highest BCUT2D eigenvalue weighted by Gasteiger charge is 2.27. The minimum Gasteiger partial charge on any atom is -0.383 e. The van der Waals surface area contributed by atoms with Gasteiger partial charge in [0.1, 0.15) is 0 Å². The molecule has 1 heterocycles. The number of anilines is 1. The molecule has 0 bridgehead atoms. The Hall–Kier alpha value is -0.580. The molecule has 100 valence electrons. The maximum atomic E-state index is 3.53. The molecule has 0 spiro atoms. The van der Waals surface area contributed by atoms with E-state index in [4.69, 9.17) is 0 Å². The van der Waals surface area contributed by atoms with Crippen LogP contribution in [0.5, 0.6) is 0 Å². The van der Waals surface area contributed by atoms with Crippen LogP contribution in [0.4, 0.5) is 5.69 Å². The van der Waals surface area contributed by atoms with Crippen molar-refractivity contribution in [2.75, 3.05) is 38.0 Å². The van der Waals surface area contributed by atoms with Gasteiger partial charge in [0.25, 0.3) is 0 Å².